The molecule has 3 nitrogen and oxygen atoms in total. The summed E-state index contributed by atoms with van der Waals surface area (Å²) in [6.45, 7) is 10.8. The molecule has 22 heavy (non-hydrogen) atoms. The molecule has 112 valence electrons. The topological polar surface area (TPSA) is 10.8 Å². The van der Waals surface area contributed by atoms with Crippen molar-refractivity contribution >= 4 is 22.7 Å². The van der Waals surface area contributed by atoms with E-state index in [0.717, 1.165) is 11.3 Å². The minimum Gasteiger partial charge on any atom is -0.351 e. The predicted molar refractivity (Wildman–Crippen MR) is 83.8 cm³/mol. The molecule has 0 spiro atoms. The first kappa shape index (κ1) is 14.3. The molecular weight excluding hydrogens is 284 g/mol. The van der Waals surface area contributed by atoms with Crippen LogP contribution in [0.15, 0.2) is 30.3 Å². The Kier molecular flexibility index (Phi) is 3.25. The summed E-state index contributed by atoms with van der Waals surface area (Å²) in [5, 5.41) is 0. The van der Waals surface area contributed by atoms with Crippen LogP contribution in [0.5, 0.6) is 0 Å². The molecule has 0 aliphatic carbocycles. The normalized spacial score (nSPS) is 16.6. The number of halogens is 2. The van der Waals surface area contributed by atoms with E-state index in [0.29, 0.717) is 5.69 Å². The summed E-state index contributed by atoms with van der Waals surface area (Å²) in [6.07, 6.45) is -0.175. The number of fused-ring (bicyclic) bond motifs is 1. The van der Waals surface area contributed by atoms with Crippen LogP contribution in [0.3, 0.4) is 0 Å². The number of aryl methyl sites for hydroxylation is 1. The average Bonchev–Trinajstić information content (AvgIpc) is 2.72. The van der Waals surface area contributed by atoms with E-state index in [1.807, 2.05) is 43.0 Å². The van der Waals surface area contributed by atoms with E-state index < -0.39 is 17.3 Å². The fourth-order valence-corrected chi connectivity index (χ4v) is 2.93. The highest BCUT2D eigenvalue weighted by atomic mass is 19.1. The van der Waals surface area contributed by atoms with Gasteiger partial charge in [0.25, 0.3) is 5.69 Å². The Hall–Kier alpha value is -2.61. The Labute approximate surface area is 128 Å². The van der Waals surface area contributed by atoms with Gasteiger partial charge in [0.1, 0.15) is 12.0 Å². The molecule has 1 heterocycles. The van der Waals surface area contributed by atoms with Crippen LogP contribution in [0.2, 0.25) is 0 Å². The Morgan fingerprint density at radius 1 is 1.18 bits per heavy atom. The van der Waals surface area contributed by atoms with Crippen molar-refractivity contribution < 1.29 is 8.78 Å². The summed E-state index contributed by atoms with van der Waals surface area (Å²) in [5.74, 6) is -1.62. The van der Waals surface area contributed by atoms with Crippen LogP contribution in [0.1, 0.15) is 12.5 Å². The van der Waals surface area contributed by atoms with Gasteiger partial charge in [0.2, 0.25) is 0 Å². The third kappa shape index (κ3) is 1.84. The highest BCUT2D eigenvalue weighted by Crippen LogP contribution is 2.48. The van der Waals surface area contributed by atoms with E-state index in [1.165, 1.54) is 6.07 Å². The van der Waals surface area contributed by atoms with Gasteiger partial charge in [0.15, 0.2) is 5.82 Å². The van der Waals surface area contributed by atoms with Crippen LogP contribution in [-0.2, 0) is 0 Å². The number of anilines is 3. The second-order valence-electron chi connectivity index (χ2n) is 5.40. The first-order chi connectivity index (χ1) is 10.5. The molecule has 0 saturated carbocycles. The van der Waals surface area contributed by atoms with Crippen molar-refractivity contribution in [2.24, 2.45) is 0 Å². The van der Waals surface area contributed by atoms with E-state index in [4.69, 9.17) is 6.57 Å². The second kappa shape index (κ2) is 4.99. The van der Waals surface area contributed by atoms with Crippen molar-refractivity contribution in [3.63, 3.8) is 0 Å². The number of hydrogen-bond acceptors (Lipinski definition) is 2. The molecule has 0 unspecified atom stereocenters. The lowest BCUT2D eigenvalue weighted by Crippen LogP contribution is -2.36. The highest BCUT2D eigenvalue weighted by molar-refractivity contribution is 5.87. The van der Waals surface area contributed by atoms with Gasteiger partial charge >= 0.3 is 0 Å². The van der Waals surface area contributed by atoms with Gasteiger partial charge in [0.05, 0.1) is 17.9 Å². The Morgan fingerprint density at radius 3 is 2.50 bits per heavy atom. The lowest BCUT2D eigenvalue weighted by molar-refractivity contribution is 0.594. The van der Waals surface area contributed by atoms with Crippen LogP contribution in [0.4, 0.5) is 31.5 Å². The highest BCUT2D eigenvalue weighted by Gasteiger charge is 2.36. The summed E-state index contributed by atoms with van der Waals surface area (Å²) in [7, 11) is 1.75. The van der Waals surface area contributed by atoms with Crippen LogP contribution in [-0.4, -0.2) is 13.2 Å². The van der Waals surface area contributed by atoms with E-state index in [1.54, 1.807) is 11.9 Å². The van der Waals surface area contributed by atoms with Crippen molar-refractivity contribution in [2.75, 3.05) is 16.8 Å². The molecule has 1 aliphatic heterocycles. The van der Waals surface area contributed by atoms with E-state index in [2.05, 4.69) is 4.85 Å². The second-order valence-corrected chi connectivity index (χ2v) is 5.40. The Balaban J connectivity index is 2.28. The molecular formula is C17H15F2N3. The van der Waals surface area contributed by atoms with Gasteiger partial charge in [-0.1, -0.05) is 18.2 Å². The van der Waals surface area contributed by atoms with E-state index in [-0.39, 0.29) is 11.9 Å². The van der Waals surface area contributed by atoms with Crippen molar-refractivity contribution in [3.8, 4) is 0 Å². The first-order valence-electron chi connectivity index (χ1n) is 6.94. The first-order valence-corrected chi connectivity index (χ1v) is 6.94. The maximum atomic E-state index is 14.5. The van der Waals surface area contributed by atoms with Gasteiger partial charge in [-0.15, -0.1) is 0 Å². The van der Waals surface area contributed by atoms with Gasteiger partial charge in [-0.2, -0.15) is 0 Å². The third-order valence-corrected chi connectivity index (χ3v) is 4.18. The summed E-state index contributed by atoms with van der Waals surface area (Å²) in [4.78, 5) is 6.60. The molecule has 2 aromatic rings. The molecule has 5 heteroatoms. The van der Waals surface area contributed by atoms with Crippen LogP contribution < -0.4 is 9.80 Å². The maximum Gasteiger partial charge on any atom is 0.259 e. The van der Waals surface area contributed by atoms with E-state index >= 15 is 0 Å². The van der Waals surface area contributed by atoms with Crippen molar-refractivity contribution in [2.45, 2.75) is 20.0 Å². The molecule has 0 radical (unpaired) electrons. The third-order valence-electron chi connectivity index (χ3n) is 4.18. The van der Waals surface area contributed by atoms with Gasteiger partial charge in [-0.3, -0.25) is 0 Å². The number of hydrogen-bond donors (Lipinski definition) is 0. The summed E-state index contributed by atoms with van der Waals surface area (Å²) in [6, 6.07) is 8.95. The predicted octanol–water partition coefficient (Wildman–Crippen LogP) is 4.76. The summed E-state index contributed by atoms with van der Waals surface area (Å²) in [5.41, 5.74) is 2.08. The Bertz CT molecular complexity index is 795. The largest absolute Gasteiger partial charge is 0.351 e. The van der Waals surface area contributed by atoms with Crippen molar-refractivity contribution in [3.05, 3.63) is 58.9 Å². The fourth-order valence-electron chi connectivity index (χ4n) is 2.93. The molecule has 0 N–H and O–H groups in total. The number of benzene rings is 2. The lowest BCUT2D eigenvalue weighted by atomic mass is 10.1. The molecule has 0 fully saturated rings. The molecule has 0 amide bonds. The molecule has 1 aliphatic rings. The fraction of sp³-hybridized carbons (Fsp3) is 0.235. The number of nitrogens with zero attached hydrogens (tertiary/aromatic N) is 3. The maximum absolute atomic E-state index is 14.5. The smallest absolute Gasteiger partial charge is 0.259 e. The Morgan fingerprint density at radius 2 is 1.86 bits per heavy atom. The van der Waals surface area contributed by atoms with Crippen LogP contribution in [0, 0.1) is 25.1 Å². The SMILES string of the molecule is [C-]#[N+]c1c(F)cc2c(c1F)N(C)[C@H](C)N2c1ccccc1C. The van der Waals surface area contributed by atoms with Crippen molar-refractivity contribution in [1.82, 2.24) is 0 Å². The lowest BCUT2D eigenvalue weighted by Gasteiger charge is -2.28. The minimum absolute atomic E-state index is 0.175. The standard InChI is InChI=1S/C17H15F2N3/c1-10-7-5-6-8-13(10)22-11(2)21(4)17-14(22)9-12(18)16(20-3)15(17)19/h5-9,11H,1-2,4H3/t11-/m0/s1. The number of rotatable bonds is 1. The van der Waals surface area contributed by atoms with Crippen molar-refractivity contribution in [1.29, 1.82) is 0 Å². The molecule has 0 aromatic heterocycles. The molecule has 0 saturated heterocycles. The monoisotopic (exact) mass is 299 g/mol. The van der Waals surface area contributed by atoms with Gasteiger partial charge in [0, 0.05) is 12.7 Å². The van der Waals surface area contributed by atoms with Gasteiger partial charge in [-0.25, -0.2) is 13.6 Å². The molecule has 3 rings (SSSR count). The zero-order valence-electron chi connectivity index (χ0n) is 12.6. The molecule has 1 atom stereocenters. The average molecular weight is 299 g/mol. The zero-order chi connectivity index (χ0) is 16.0. The quantitative estimate of drug-likeness (QED) is 0.703. The number of para-hydroxylation sites is 1. The van der Waals surface area contributed by atoms with Gasteiger partial charge < -0.3 is 9.80 Å². The zero-order valence-corrected chi connectivity index (χ0v) is 12.6. The van der Waals surface area contributed by atoms with Gasteiger partial charge in [-0.05, 0) is 31.5 Å². The molecule has 0 bridgehead atoms. The van der Waals surface area contributed by atoms with Crippen LogP contribution >= 0.6 is 0 Å². The summed E-state index contributed by atoms with van der Waals surface area (Å²) < 4.78 is 28.6. The van der Waals surface area contributed by atoms with Crippen LogP contribution in [0.25, 0.3) is 4.85 Å². The minimum atomic E-state index is -0.827. The van der Waals surface area contributed by atoms with E-state index in [9.17, 15) is 8.78 Å². The molecule has 2 aromatic carbocycles. The summed E-state index contributed by atoms with van der Waals surface area (Å²) >= 11 is 0.